The minimum Gasteiger partial charge on any atom is -0.337 e. The average molecular weight is 405 g/mol. The van der Waals surface area contributed by atoms with Crippen LogP contribution in [0.2, 0.25) is 0 Å². The lowest BCUT2D eigenvalue weighted by Crippen LogP contribution is -2.51. The minimum atomic E-state index is 0.0882. The molecule has 0 spiro atoms. The molecule has 29 heavy (non-hydrogen) atoms. The van der Waals surface area contributed by atoms with Crippen LogP contribution in [-0.2, 0) is 11.2 Å². The molecule has 0 saturated carbocycles. The van der Waals surface area contributed by atoms with Crippen molar-refractivity contribution in [2.75, 3.05) is 31.9 Å². The SMILES string of the molecule is [CH2]C([CH]c1ccc2c(c1)CCCS2)N1CCN(C(=O)C=Cc2ccccc2)CC1. The zero-order valence-corrected chi connectivity index (χ0v) is 17.6. The monoisotopic (exact) mass is 404 g/mol. The van der Waals surface area contributed by atoms with E-state index < -0.39 is 0 Å². The number of fused-ring (bicyclic) bond motifs is 1. The van der Waals surface area contributed by atoms with E-state index in [4.69, 9.17) is 0 Å². The van der Waals surface area contributed by atoms with Gasteiger partial charge in [-0.25, -0.2) is 0 Å². The van der Waals surface area contributed by atoms with Crippen LogP contribution < -0.4 is 0 Å². The van der Waals surface area contributed by atoms with Crippen LogP contribution in [0.25, 0.3) is 6.08 Å². The largest absolute Gasteiger partial charge is 0.337 e. The fourth-order valence-corrected chi connectivity index (χ4v) is 4.94. The quantitative estimate of drug-likeness (QED) is 0.693. The summed E-state index contributed by atoms with van der Waals surface area (Å²) in [5, 5.41) is 0. The summed E-state index contributed by atoms with van der Waals surface area (Å²) in [6.07, 6.45) is 8.28. The van der Waals surface area contributed by atoms with E-state index in [-0.39, 0.29) is 11.9 Å². The van der Waals surface area contributed by atoms with Gasteiger partial charge in [0.05, 0.1) is 0 Å². The van der Waals surface area contributed by atoms with Crippen molar-refractivity contribution in [3.63, 3.8) is 0 Å². The van der Waals surface area contributed by atoms with E-state index in [1.54, 1.807) is 6.08 Å². The molecule has 3 nitrogen and oxygen atoms in total. The Morgan fingerprint density at radius 2 is 1.83 bits per heavy atom. The lowest BCUT2D eigenvalue weighted by atomic mass is 10.0. The number of aryl methyl sites for hydroxylation is 1. The standard InChI is InChI=1S/C25H28N2OS/c1-20(18-22-9-11-24-23(19-22)8-5-17-29-24)26-13-15-27(16-14-26)25(28)12-10-21-6-3-2-4-7-21/h2-4,6-7,9-12,18-20H,1,5,8,13-17H2. The third kappa shape index (κ3) is 5.31. The third-order valence-electron chi connectivity index (χ3n) is 5.63. The summed E-state index contributed by atoms with van der Waals surface area (Å²) in [6, 6.07) is 16.9. The van der Waals surface area contributed by atoms with Crippen LogP contribution in [0.15, 0.2) is 59.5 Å². The van der Waals surface area contributed by atoms with E-state index in [9.17, 15) is 4.79 Å². The third-order valence-corrected chi connectivity index (χ3v) is 6.83. The topological polar surface area (TPSA) is 23.6 Å². The van der Waals surface area contributed by atoms with Gasteiger partial charge in [-0.05, 0) is 54.4 Å². The van der Waals surface area contributed by atoms with Gasteiger partial charge in [0.2, 0.25) is 5.91 Å². The molecule has 4 heteroatoms. The van der Waals surface area contributed by atoms with Crippen LogP contribution >= 0.6 is 11.8 Å². The molecule has 0 N–H and O–H groups in total. The molecule has 2 radical (unpaired) electrons. The van der Waals surface area contributed by atoms with Crippen molar-refractivity contribution in [1.82, 2.24) is 9.80 Å². The van der Waals surface area contributed by atoms with E-state index in [2.05, 4.69) is 36.4 Å². The van der Waals surface area contributed by atoms with Crippen molar-refractivity contribution in [2.24, 2.45) is 0 Å². The number of hydrogen-bond acceptors (Lipinski definition) is 3. The molecule has 2 aliphatic heterocycles. The van der Waals surface area contributed by atoms with Crippen LogP contribution in [0.5, 0.6) is 0 Å². The van der Waals surface area contributed by atoms with Gasteiger partial charge in [-0.1, -0.05) is 42.5 Å². The first-order valence-corrected chi connectivity index (χ1v) is 11.4. The molecule has 1 atom stereocenters. The minimum absolute atomic E-state index is 0.0882. The molecule has 2 heterocycles. The maximum absolute atomic E-state index is 12.5. The van der Waals surface area contributed by atoms with Crippen LogP contribution in [-0.4, -0.2) is 53.7 Å². The second kappa shape index (κ2) is 9.64. The molecule has 1 fully saturated rings. The first-order chi connectivity index (χ1) is 14.2. The Labute approximate surface area is 178 Å². The second-order valence-corrected chi connectivity index (χ2v) is 8.80. The summed E-state index contributed by atoms with van der Waals surface area (Å²) in [4.78, 5) is 18.2. The number of hydrogen-bond donors (Lipinski definition) is 0. The first kappa shape index (κ1) is 20.2. The van der Waals surface area contributed by atoms with Gasteiger partial charge in [0.25, 0.3) is 0 Å². The molecule has 1 saturated heterocycles. The molecule has 2 aliphatic rings. The van der Waals surface area contributed by atoms with Crippen molar-refractivity contribution in [1.29, 1.82) is 0 Å². The zero-order chi connectivity index (χ0) is 20.1. The van der Waals surface area contributed by atoms with Gasteiger partial charge >= 0.3 is 0 Å². The summed E-state index contributed by atoms with van der Waals surface area (Å²) in [7, 11) is 0. The molecule has 2 aromatic carbocycles. The Morgan fingerprint density at radius 3 is 2.62 bits per heavy atom. The van der Waals surface area contributed by atoms with E-state index in [0.717, 1.165) is 31.7 Å². The normalized spacial score (nSPS) is 18.6. The first-order valence-electron chi connectivity index (χ1n) is 10.4. The summed E-state index contributed by atoms with van der Waals surface area (Å²) in [5.74, 6) is 1.32. The van der Waals surface area contributed by atoms with Crippen molar-refractivity contribution in [2.45, 2.75) is 23.8 Å². The predicted molar refractivity (Wildman–Crippen MR) is 122 cm³/mol. The lowest BCUT2D eigenvalue weighted by molar-refractivity contribution is -0.127. The summed E-state index contributed by atoms with van der Waals surface area (Å²) in [5.41, 5.74) is 3.79. The highest BCUT2D eigenvalue weighted by molar-refractivity contribution is 7.99. The number of carbonyl (C=O) groups is 1. The van der Waals surface area contributed by atoms with Crippen LogP contribution in [0.1, 0.15) is 23.1 Å². The molecular weight excluding hydrogens is 376 g/mol. The van der Waals surface area contributed by atoms with E-state index in [1.807, 2.05) is 53.1 Å². The van der Waals surface area contributed by atoms with E-state index in [0.29, 0.717) is 0 Å². The van der Waals surface area contributed by atoms with Crippen molar-refractivity contribution in [3.8, 4) is 0 Å². The summed E-state index contributed by atoms with van der Waals surface area (Å²) < 4.78 is 0. The Hall–Kier alpha value is -2.04. The number of amides is 1. The number of thioether (sulfide) groups is 1. The molecular formula is C25H28N2OS. The maximum Gasteiger partial charge on any atom is 0.246 e. The molecule has 2 aromatic rings. The molecule has 1 unspecified atom stereocenters. The smallest absolute Gasteiger partial charge is 0.246 e. The number of nitrogens with zero attached hydrogens (tertiary/aromatic N) is 2. The lowest BCUT2D eigenvalue weighted by Gasteiger charge is -2.37. The highest BCUT2D eigenvalue weighted by Gasteiger charge is 2.23. The van der Waals surface area contributed by atoms with E-state index in [1.165, 1.54) is 34.6 Å². The number of rotatable bonds is 5. The fraction of sp³-hybridized carbons (Fsp3) is 0.320. The van der Waals surface area contributed by atoms with Gasteiger partial charge < -0.3 is 4.90 Å². The Balaban J connectivity index is 1.28. The summed E-state index contributed by atoms with van der Waals surface area (Å²) in [6.45, 7) is 7.58. The van der Waals surface area contributed by atoms with Gasteiger partial charge in [0.1, 0.15) is 0 Å². The van der Waals surface area contributed by atoms with Gasteiger partial charge in [-0.15, -0.1) is 11.8 Å². The molecule has 0 bridgehead atoms. The van der Waals surface area contributed by atoms with Gasteiger partial charge in [0.15, 0.2) is 0 Å². The average Bonchev–Trinajstić information content (AvgIpc) is 2.78. The molecule has 0 aromatic heterocycles. The summed E-state index contributed by atoms with van der Waals surface area (Å²) >= 11 is 1.97. The van der Waals surface area contributed by atoms with Crippen LogP contribution in [0, 0.1) is 13.3 Å². The van der Waals surface area contributed by atoms with Crippen molar-refractivity contribution < 1.29 is 4.79 Å². The Bertz CT molecular complexity index is 856. The molecule has 1 amide bonds. The Kier molecular flexibility index (Phi) is 6.73. The van der Waals surface area contributed by atoms with E-state index >= 15 is 0 Å². The van der Waals surface area contributed by atoms with Crippen LogP contribution in [0.4, 0.5) is 0 Å². The van der Waals surface area contributed by atoms with Crippen molar-refractivity contribution in [3.05, 3.63) is 84.6 Å². The number of piperazine rings is 1. The van der Waals surface area contributed by atoms with Gasteiger partial charge in [-0.3, -0.25) is 9.69 Å². The maximum atomic E-state index is 12.5. The number of carbonyl (C=O) groups excluding carboxylic acids is 1. The van der Waals surface area contributed by atoms with Gasteiger partial charge in [0, 0.05) is 49.6 Å². The highest BCUT2D eigenvalue weighted by Crippen LogP contribution is 2.31. The predicted octanol–water partition coefficient (Wildman–Crippen LogP) is 4.34. The Morgan fingerprint density at radius 1 is 1.03 bits per heavy atom. The molecule has 4 rings (SSSR count). The molecule has 0 aliphatic carbocycles. The highest BCUT2D eigenvalue weighted by atomic mass is 32.2. The number of benzene rings is 2. The van der Waals surface area contributed by atoms with Gasteiger partial charge in [-0.2, -0.15) is 0 Å². The second-order valence-electron chi connectivity index (χ2n) is 7.66. The van der Waals surface area contributed by atoms with Crippen LogP contribution in [0.3, 0.4) is 0 Å². The molecule has 150 valence electrons. The van der Waals surface area contributed by atoms with Crippen molar-refractivity contribution >= 4 is 23.7 Å². The zero-order valence-electron chi connectivity index (χ0n) is 16.8. The fourth-order valence-electron chi connectivity index (χ4n) is 3.92.